The Labute approximate surface area is 117 Å². The number of nitrogens with zero attached hydrogens (tertiary/aromatic N) is 1. The third-order valence-corrected chi connectivity index (χ3v) is 4.91. The first-order chi connectivity index (χ1) is 8.99. The zero-order valence-electron chi connectivity index (χ0n) is 11.5. The minimum Gasteiger partial charge on any atom is -0.396 e. The number of amides is 1. The summed E-state index contributed by atoms with van der Waals surface area (Å²) in [7, 11) is 1.72. The van der Waals surface area contributed by atoms with Crippen molar-refractivity contribution in [1.29, 1.82) is 0 Å². The molecule has 0 bridgehead atoms. The lowest BCUT2D eigenvalue weighted by molar-refractivity contribution is 0.0368. The van der Waals surface area contributed by atoms with Crippen LogP contribution in [0.4, 0.5) is 0 Å². The highest BCUT2D eigenvalue weighted by Crippen LogP contribution is 2.31. The number of aryl methyl sites for hydroxylation is 2. The van der Waals surface area contributed by atoms with Crippen LogP contribution in [0.25, 0.3) is 0 Å². The van der Waals surface area contributed by atoms with Crippen molar-refractivity contribution in [3.63, 3.8) is 0 Å². The van der Waals surface area contributed by atoms with Gasteiger partial charge in [-0.2, -0.15) is 0 Å². The first-order valence-corrected chi connectivity index (χ1v) is 7.39. The fourth-order valence-corrected chi connectivity index (χ4v) is 3.67. The predicted molar refractivity (Wildman–Crippen MR) is 75.6 cm³/mol. The molecule has 1 aliphatic carbocycles. The van der Waals surface area contributed by atoms with Crippen molar-refractivity contribution in [2.45, 2.75) is 26.2 Å². The Morgan fingerprint density at radius 1 is 1.42 bits per heavy atom. The van der Waals surface area contributed by atoms with Crippen LogP contribution >= 0.6 is 11.3 Å². The van der Waals surface area contributed by atoms with Gasteiger partial charge in [-0.25, -0.2) is 0 Å². The largest absolute Gasteiger partial charge is 0.396 e. The number of carbonyl (C=O) groups excluding carboxylic acids is 1. The van der Waals surface area contributed by atoms with E-state index in [1.54, 1.807) is 30.2 Å². The number of thiophene rings is 1. The molecule has 0 aliphatic heterocycles. The fourth-order valence-electron chi connectivity index (χ4n) is 2.42. The maximum Gasteiger partial charge on any atom is 0.263 e. The molecule has 0 saturated heterocycles. The molecule has 19 heavy (non-hydrogen) atoms. The number of aliphatic hydroxyl groups is 2. The van der Waals surface area contributed by atoms with E-state index in [9.17, 15) is 15.0 Å². The van der Waals surface area contributed by atoms with Gasteiger partial charge in [0.1, 0.15) is 0 Å². The van der Waals surface area contributed by atoms with Gasteiger partial charge in [-0.15, -0.1) is 11.3 Å². The Morgan fingerprint density at radius 2 is 2.11 bits per heavy atom. The van der Waals surface area contributed by atoms with Crippen molar-refractivity contribution in [2.24, 2.45) is 5.41 Å². The third kappa shape index (κ3) is 2.99. The molecule has 0 unspecified atom stereocenters. The number of fused-ring (bicyclic) bond motifs is 1. The van der Waals surface area contributed by atoms with Crippen LogP contribution in [0.3, 0.4) is 0 Å². The number of hydrogen-bond acceptors (Lipinski definition) is 4. The van der Waals surface area contributed by atoms with E-state index in [2.05, 4.69) is 0 Å². The molecule has 1 aromatic rings. The van der Waals surface area contributed by atoms with Gasteiger partial charge in [0.25, 0.3) is 5.91 Å². The van der Waals surface area contributed by atoms with Gasteiger partial charge in [0, 0.05) is 23.9 Å². The summed E-state index contributed by atoms with van der Waals surface area (Å²) in [5.74, 6) is -0.0208. The normalized spacial score (nSPS) is 14.5. The molecule has 1 amide bonds. The van der Waals surface area contributed by atoms with Crippen molar-refractivity contribution in [2.75, 3.05) is 26.8 Å². The second kappa shape index (κ2) is 5.61. The van der Waals surface area contributed by atoms with Crippen molar-refractivity contribution < 1.29 is 15.0 Å². The van der Waals surface area contributed by atoms with Gasteiger partial charge < -0.3 is 15.1 Å². The predicted octanol–water partition coefficient (Wildman–Crippen LogP) is 1.30. The summed E-state index contributed by atoms with van der Waals surface area (Å²) in [6.45, 7) is 1.84. The van der Waals surface area contributed by atoms with Crippen molar-refractivity contribution in [1.82, 2.24) is 4.90 Å². The zero-order chi connectivity index (χ0) is 14.0. The minimum absolute atomic E-state index is 0.0208. The van der Waals surface area contributed by atoms with Crippen LogP contribution in [0.15, 0.2) is 6.07 Å². The highest BCUT2D eigenvalue weighted by Gasteiger charge is 2.28. The maximum absolute atomic E-state index is 12.3. The van der Waals surface area contributed by atoms with E-state index in [1.165, 1.54) is 16.9 Å². The Bertz CT molecular complexity index is 444. The molecule has 5 heteroatoms. The molecule has 0 aromatic carbocycles. The Kier molecular flexibility index (Phi) is 4.28. The monoisotopic (exact) mass is 283 g/mol. The van der Waals surface area contributed by atoms with E-state index in [1.807, 2.05) is 6.07 Å². The van der Waals surface area contributed by atoms with Gasteiger partial charge >= 0.3 is 0 Å². The van der Waals surface area contributed by atoms with E-state index >= 15 is 0 Å². The molecule has 106 valence electrons. The maximum atomic E-state index is 12.3. The van der Waals surface area contributed by atoms with Gasteiger partial charge in [0.05, 0.1) is 18.1 Å². The van der Waals surface area contributed by atoms with Gasteiger partial charge in [-0.3, -0.25) is 4.79 Å². The average Bonchev–Trinajstić information content (AvgIpc) is 2.98. The first kappa shape index (κ1) is 14.5. The quantitative estimate of drug-likeness (QED) is 0.856. The van der Waals surface area contributed by atoms with Gasteiger partial charge in [-0.1, -0.05) is 6.92 Å². The highest BCUT2D eigenvalue weighted by molar-refractivity contribution is 7.14. The molecular formula is C14H21NO3S. The lowest BCUT2D eigenvalue weighted by atomic mass is 9.92. The topological polar surface area (TPSA) is 60.8 Å². The smallest absolute Gasteiger partial charge is 0.263 e. The molecule has 0 saturated carbocycles. The van der Waals surface area contributed by atoms with E-state index in [-0.39, 0.29) is 19.1 Å². The summed E-state index contributed by atoms with van der Waals surface area (Å²) in [5.41, 5.74) is 0.665. The second-order valence-corrected chi connectivity index (χ2v) is 6.84. The molecule has 0 radical (unpaired) electrons. The molecule has 0 fully saturated rings. The Hall–Kier alpha value is -0.910. The third-order valence-electron chi connectivity index (χ3n) is 3.69. The van der Waals surface area contributed by atoms with E-state index in [4.69, 9.17) is 0 Å². The summed E-state index contributed by atoms with van der Waals surface area (Å²) >= 11 is 1.58. The summed E-state index contributed by atoms with van der Waals surface area (Å²) in [4.78, 5) is 16.0. The van der Waals surface area contributed by atoms with Crippen molar-refractivity contribution >= 4 is 17.2 Å². The summed E-state index contributed by atoms with van der Waals surface area (Å²) in [6.07, 6.45) is 3.36. The van der Waals surface area contributed by atoms with Gasteiger partial charge in [0.2, 0.25) is 0 Å². The van der Waals surface area contributed by atoms with E-state index in [0.717, 1.165) is 17.7 Å². The van der Waals surface area contributed by atoms with Crippen LogP contribution in [0.1, 0.15) is 33.5 Å². The van der Waals surface area contributed by atoms with Crippen molar-refractivity contribution in [3.8, 4) is 0 Å². The lowest BCUT2D eigenvalue weighted by Gasteiger charge is -2.30. The Balaban J connectivity index is 2.06. The number of aliphatic hydroxyl groups excluding tert-OH is 2. The molecule has 0 atom stereocenters. The average molecular weight is 283 g/mol. The molecule has 2 rings (SSSR count). The summed E-state index contributed by atoms with van der Waals surface area (Å²) in [5, 5.41) is 18.6. The van der Waals surface area contributed by atoms with Crippen molar-refractivity contribution in [3.05, 3.63) is 21.4 Å². The second-order valence-electron chi connectivity index (χ2n) is 5.70. The van der Waals surface area contributed by atoms with E-state index in [0.29, 0.717) is 6.54 Å². The first-order valence-electron chi connectivity index (χ1n) is 6.58. The molecule has 1 aromatic heterocycles. The zero-order valence-corrected chi connectivity index (χ0v) is 12.3. The molecular weight excluding hydrogens is 262 g/mol. The summed E-state index contributed by atoms with van der Waals surface area (Å²) < 4.78 is 0. The van der Waals surface area contributed by atoms with Gasteiger partial charge in [0.15, 0.2) is 0 Å². The standard InChI is InChI=1S/C14H21NO3S/c1-14(8-16,9-17)7-15(2)13(18)12-6-10-4-3-5-11(10)19-12/h6,16-17H,3-5,7-9H2,1-2H3. The number of rotatable bonds is 5. The molecule has 4 nitrogen and oxygen atoms in total. The molecule has 1 aliphatic rings. The number of carbonyl (C=O) groups is 1. The highest BCUT2D eigenvalue weighted by atomic mass is 32.1. The van der Waals surface area contributed by atoms with Crippen LogP contribution in [0.2, 0.25) is 0 Å². The molecule has 0 spiro atoms. The summed E-state index contributed by atoms with van der Waals surface area (Å²) in [6, 6.07) is 2.00. The fraction of sp³-hybridized carbons (Fsp3) is 0.643. The minimum atomic E-state index is -0.648. The molecule has 1 heterocycles. The lowest BCUT2D eigenvalue weighted by Crippen LogP contribution is -2.41. The van der Waals surface area contributed by atoms with Crippen LogP contribution < -0.4 is 0 Å². The van der Waals surface area contributed by atoms with Crippen LogP contribution in [0, 0.1) is 5.41 Å². The van der Waals surface area contributed by atoms with Gasteiger partial charge in [-0.05, 0) is 30.9 Å². The molecule has 2 N–H and O–H groups in total. The van der Waals surface area contributed by atoms with Crippen LogP contribution in [-0.4, -0.2) is 47.8 Å². The Morgan fingerprint density at radius 3 is 2.68 bits per heavy atom. The number of hydrogen-bond donors (Lipinski definition) is 2. The van der Waals surface area contributed by atoms with Crippen LogP contribution in [-0.2, 0) is 12.8 Å². The van der Waals surface area contributed by atoms with Crippen LogP contribution in [0.5, 0.6) is 0 Å². The SMILES string of the molecule is CN(CC(C)(CO)CO)C(=O)c1cc2c(s1)CCC2. The van der Waals surface area contributed by atoms with E-state index < -0.39 is 5.41 Å².